The molecule has 0 unspecified atom stereocenters. The lowest BCUT2D eigenvalue weighted by atomic mass is 9.93. The minimum Gasteiger partial charge on any atom is -0.344 e. The summed E-state index contributed by atoms with van der Waals surface area (Å²) in [7, 11) is 1.78. The van der Waals surface area contributed by atoms with Gasteiger partial charge in [-0.1, -0.05) is 6.08 Å². The van der Waals surface area contributed by atoms with Crippen LogP contribution in [0.2, 0.25) is 0 Å². The fourth-order valence-electron chi connectivity index (χ4n) is 4.60. The first-order valence-corrected chi connectivity index (χ1v) is 11.7. The van der Waals surface area contributed by atoms with Crippen LogP contribution in [-0.2, 0) is 13.5 Å². The largest absolute Gasteiger partial charge is 0.344 e. The van der Waals surface area contributed by atoms with Gasteiger partial charge < -0.3 is 9.88 Å². The van der Waals surface area contributed by atoms with E-state index in [2.05, 4.69) is 20.1 Å². The Labute approximate surface area is 202 Å². The Morgan fingerprint density at radius 2 is 2.14 bits per heavy atom. The molecule has 0 amide bonds. The Kier molecular flexibility index (Phi) is 6.15. The van der Waals surface area contributed by atoms with Crippen LogP contribution in [0.25, 0.3) is 27.9 Å². The summed E-state index contributed by atoms with van der Waals surface area (Å²) in [6, 6.07) is 3.49. The van der Waals surface area contributed by atoms with Crippen LogP contribution in [0.4, 0.5) is 20.3 Å². The van der Waals surface area contributed by atoms with Crippen LogP contribution in [0, 0.1) is 0 Å². The highest BCUT2D eigenvalue weighted by Gasteiger charge is 2.26. The van der Waals surface area contributed by atoms with Crippen LogP contribution in [0.1, 0.15) is 43.4 Å². The molecule has 0 radical (unpaired) electrons. The molecule has 35 heavy (non-hydrogen) atoms. The number of aromatic nitrogens is 5. The van der Waals surface area contributed by atoms with Crippen LogP contribution in [-0.4, -0.2) is 44.0 Å². The number of nitrogens with zero attached hydrogens (tertiary/aromatic N) is 6. The third-order valence-corrected chi connectivity index (χ3v) is 6.30. The number of aromatic amines is 1. The molecule has 0 aliphatic carbocycles. The molecule has 0 saturated heterocycles. The number of rotatable bonds is 6. The Morgan fingerprint density at radius 1 is 1.29 bits per heavy atom. The number of aliphatic imine (C=N–C) groups is 1. The van der Waals surface area contributed by atoms with Crippen molar-refractivity contribution in [2.45, 2.75) is 33.1 Å². The number of H-pyrrole nitrogens is 1. The predicted octanol–water partition coefficient (Wildman–Crippen LogP) is 5.87. The number of hydrogen-bond acceptors (Lipinski definition) is 5. The summed E-state index contributed by atoms with van der Waals surface area (Å²) in [5.74, 6) is 0.636. The quantitative estimate of drug-likeness (QED) is 0.354. The van der Waals surface area contributed by atoms with Gasteiger partial charge in [0.1, 0.15) is 5.52 Å². The fraction of sp³-hybridized carbons (Fsp3) is 0.308. The molecule has 4 heterocycles. The molecule has 7 nitrogen and oxygen atoms in total. The van der Waals surface area contributed by atoms with E-state index in [1.54, 1.807) is 36.4 Å². The van der Waals surface area contributed by atoms with Crippen LogP contribution in [0.15, 0.2) is 48.0 Å². The molecule has 5 rings (SSSR count). The lowest BCUT2D eigenvalue weighted by Crippen LogP contribution is -2.26. The molecule has 0 spiro atoms. The van der Waals surface area contributed by atoms with Crippen molar-refractivity contribution in [3.05, 3.63) is 59.7 Å². The van der Waals surface area contributed by atoms with E-state index in [9.17, 15) is 8.78 Å². The van der Waals surface area contributed by atoms with Gasteiger partial charge in [-0.05, 0) is 55.5 Å². The highest BCUT2D eigenvalue weighted by Crippen LogP contribution is 2.41. The zero-order chi connectivity index (χ0) is 24.5. The summed E-state index contributed by atoms with van der Waals surface area (Å²) in [5, 5.41) is 4.17. The molecule has 1 aliphatic rings. The van der Waals surface area contributed by atoms with Crippen molar-refractivity contribution in [1.82, 2.24) is 24.7 Å². The highest BCUT2D eigenvalue weighted by molar-refractivity contribution is 6.13. The van der Waals surface area contributed by atoms with Crippen LogP contribution in [0.5, 0.6) is 0 Å². The number of anilines is 2. The number of halogens is 2. The van der Waals surface area contributed by atoms with Crippen LogP contribution < -0.4 is 4.90 Å². The van der Waals surface area contributed by atoms with Crippen LogP contribution in [0.3, 0.4) is 0 Å². The third kappa shape index (κ3) is 4.22. The second-order valence-electron chi connectivity index (χ2n) is 8.53. The maximum Gasteiger partial charge on any atom is 0.264 e. The van der Waals surface area contributed by atoms with Gasteiger partial charge in [0.25, 0.3) is 6.43 Å². The monoisotopic (exact) mass is 475 g/mol. The number of benzene rings is 1. The molecule has 180 valence electrons. The molecule has 1 N–H and O–H groups in total. The van der Waals surface area contributed by atoms with Gasteiger partial charge >= 0.3 is 0 Å². The molecule has 0 atom stereocenters. The molecule has 1 aliphatic heterocycles. The molecule has 0 fully saturated rings. The number of hydrogen-bond donors (Lipinski definition) is 1. The first-order valence-electron chi connectivity index (χ1n) is 11.7. The van der Waals surface area contributed by atoms with Gasteiger partial charge in [-0.2, -0.15) is 5.10 Å². The zero-order valence-electron chi connectivity index (χ0n) is 20.0. The summed E-state index contributed by atoms with van der Waals surface area (Å²) in [6.07, 6.45) is 9.88. The van der Waals surface area contributed by atoms with Gasteiger partial charge in [0.15, 0.2) is 11.5 Å². The molecule has 9 heteroatoms. The molecule has 0 bridgehead atoms. The molecule has 1 aromatic carbocycles. The van der Waals surface area contributed by atoms with Gasteiger partial charge in [0.2, 0.25) is 0 Å². The Balaban J connectivity index is 1.61. The SMILES string of the molecule is C/C=C(\C=NCC)c1c[nH]c2ncc(N3CCCc4cc(-c5cnn(C)c5)c(C(F)F)cc43)nc12. The second-order valence-corrected chi connectivity index (χ2v) is 8.53. The first-order chi connectivity index (χ1) is 17.0. The Morgan fingerprint density at radius 3 is 2.86 bits per heavy atom. The van der Waals surface area contributed by atoms with E-state index >= 15 is 0 Å². The van der Waals surface area contributed by atoms with Crippen molar-refractivity contribution in [2.24, 2.45) is 12.0 Å². The maximum absolute atomic E-state index is 14.2. The first kappa shape index (κ1) is 22.9. The smallest absolute Gasteiger partial charge is 0.264 e. The molecular weight excluding hydrogens is 448 g/mol. The zero-order valence-corrected chi connectivity index (χ0v) is 20.0. The molecular formula is C26H27F2N7. The van der Waals surface area contributed by atoms with Crippen molar-refractivity contribution < 1.29 is 8.78 Å². The second kappa shape index (κ2) is 9.40. The van der Waals surface area contributed by atoms with E-state index in [0.717, 1.165) is 40.7 Å². The van der Waals surface area contributed by atoms with E-state index in [1.807, 2.05) is 43.3 Å². The average Bonchev–Trinajstić information content (AvgIpc) is 3.49. The van der Waals surface area contributed by atoms with Crippen LogP contribution >= 0.6 is 0 Å². The predicted molar refractivity (Wildman–Crippen MR) is 136 cm³/mol. The van der Waals surface area contributed by atoms with Crippen molar-refractivity contribution in [3.8, 4) is 11.1 Å². The molecule has 4 aromatic rings. The number of aryl methyl sites for hydroxylation is 2. The maximum atomic E-state index is 14.2. The summed E-state index contributed by atoms with van der Waals surface area (Å²) < 4.78 is 30.0. The van der Waals surface area contributed by atoms with E-state index in [1.165, 1.54) is 0 Å². The standard InChI is InChI=1S/C26H27F2N7/c1-4-16(11-29-5-2)21-13-30-26-24(21)33-23(14-31-26)35-8-6-7-17-9-19(18-12-32-34(3)15-18)20(25(27)28)10-22(17)35/h4,9-15,25H,5-8H2,1-3H3,(H,30,31)/b16-4+,29-11?. The lowest BCUT2D eigenvalue weighted by molar-refractivity contribution is 0.152. The van der Waals surface area contributed by atoms with Gasteiger partial charge in [0, 0.05) is 61.1 Å². The normalized spacial score (nSPS) is 14.5. The number of fused-ring (bicyclic) bond motifs is 2. The highest BCUT2D eigenvalue weighted by atomic mass is 19.3. The number of nitrogens with one attached hydrogen (secondary N) is 1. The van der Waals surface area contributed by atoms with Crippen molar-refractivity contribution in [1.29, 1.82) is 0 Å². The lowest BCUT2D eigenvalue weighted by Gasteiger charge is -2.31. The van der Waals surface area contributed by atoms with E-state index in [0.29, 0.717) is 35.7 Å². The fourth-order valence-corrected chi connectivity index (χ4v) is 4.60. The number of alkyl halides is 2. The van der Waals surface area contributed by atoms with Gasteiger partial charge in [-0.15, -0.1) is 0 Å². The van der Waals surface area contributed by atoms with E-state index < -0.39 is 6.43 Å². The topological polar surface area (TPSA) is 75.0 Å². The van der Waals surface area contributed by atoms with Crippen molar-refractivity contribution in [2.75, 3.05) is 18.0 Å². The van der Waals surface area contributed by atoms with E-state index in [-0.39, 0.29) is 5.56 Å². The summed E-state index contributed by atoms with van der Waals surface area (Å²) in [4.78, 5) is 19.0. The van der Waals surface area contributed by atoms with Gasteiger partial charge in [0.05, 0.1) is 12.4 Å². The van der Waals surface area contributed by atoms with Crippen molar-refractivity contribution in [3.63, 3.8) is 0 Å². The van der Waals surface area contributed by atoms with E-state index in [4.69, 9.17) is 4.98 Å². The van der Waals surface area contributed by atoms with Crippen molar-refractivity contribution >= 4 is 34.5 Å². The third-order valence-electron chi connectivity index (χ3n) is 6.30. The summed E-state index contributed by atoms with van der Waals surface area (Å²) in [6.45, 7) is 5.31. The van der Waals surface area contributed by atoms with Gasteiger partial charge in [-0.3, -0.25) is 9.67 Å². The Hall–Kier alpha value is -3.88. The van der Waals surface area contributed by atoms with Gasteiger partial charge in [-0.25, -0.2) is 18.7 Å². The summed E-state index contributed by atoms with van der Waals surface area (Å²) >= 11 is 0. The minimum absolute atomic E-state index is 0.00741. The Bertz CT molecular complexity index is 1430. The minimum atomic E-state index is -2.61. The molecule has 0 saturated carbocycles. The average molecular weight is 476 g/mol. The summed E-state index contributed by atoms with van der Waals surface area (Å²) in [5.41, 5.74) is 6.23. The molecule has 3 aromatic heterocycles. The number of allylic oxidation sites excluding steroid dienone is 2.